The Morgan fingerprint density at radius 3 is 2.83 bits per heavy atom. The number of likely N-dealkylation sites (N-methyl/N-ethyl adjacent to an activating group) is 1. The van der Waals surface area contributed by atoms with E-state index in [-0.39, 0.29) is 6.04 Å². The first-order chi connectivity index (χ1) is 8.60. The van der Waals surface area contributed by atoms with E-state index in [2.05, 4.69) is 32.4 Å². The molecule has 2 aromatic rings. The lowest BCUT2D eigenvalue weighted by atomic mass is 10.0. The smallest absolute Gasteiger partial charge is 0.0551 e. The Kier molecular flexibility index (Phi) is 4.43. The van der Waals surface area contributed by atoms with Gasteiger partial charge in [0.05, 0.1) is 11.2 Å². The summed E-state index contributed by atoms with van der Waals surface area (Å²) in [5.74, 6) is 0. The number of nitrogens with one attached hydrogen (secondary N) is 1. The number of benzene rings is 1. The van der Waals surface area contributed by atoms with Crippen LogP contribution in [0.15, 0.2) is 35.1 Å². The first-order valence-corrected chi connectivity index (χ1v) is 6.87. The summed E-state index contributed by atoms with van der Waals surface area (Å²) in [5, 5.41) is 8.23. The van der Waals surface area contributed by atoms with E-state index in [1.165, 1.54) is 11.1 Å². The second-order valence-corrected chi connectivity index (χ2v) is 5.50. The maximum atomic E-state index is 6.13. The fraction of sp³-hybridized carbons (Fsp3) is 0.308. The molecule has 1 heterocycles. The summed E-state index contributed by atoms with van der Waals surface area (Å²) >= 11 is 9.54. The highest BCUT2D eigenvalue weighted by atomic mass is 79.9. The van der Waals surface area contributed by atoms with Crippen LogP contribution in [0.25, 0.3) is 0 Å². The van der Waals surface area contributed by atoms with Crippen LogP contribution in [0.3, 0.4) is 0 Å². The van der Waals surface area contributed by atoms with Crippen LogP contribution in [-0.2, 0) is 13.5 Å². The van der Waals surface area contributed by atoms with Gasteiger partial charge in [0.15, 0.2) is 0 Å². The van der Waals surface area contributed by atoms with Crippen molar-refractivity contribution in [3.8, 4) is 0 Å². The van der Waals surface area contributed by atoms with Crippen molar-refractivity contribution in [2.75, 3.05) is 7.05 Å². The van der Waals surface area contributed by atoms with Gasteiger partial charge >= 0.3 is 0 Å². The molecule has 1 atom stereocenters. The second-order valence-electron chi connectivity index (χ2n) is 4.24. The summed E-state index contributed by atoms with van der Waals surface area (Å²) in [6, 6.07) is 6.28. The van der Waals surface area contributed by atoms with E-state index in [0.29, 0.717) is 0 Å². The molecule has 0 saturated heterocycles. The molecule has 0 amide bonds. The molecule has 0 aliphatic carbocycles. The number of hydrogen-bond acceptors (Lipinski definition) is 2. The average molecular weight is 329 g/mol. The number of aromatic nitrogens is 2. The Hall–Kier alpha value is -0.840. The molecule has 1 unspecified atom stereocenters. The Morgan fingerprint density at radius 2 is 2.28 bits per heavy atom. The van der Waals surface area contributed by atoms with Gasteiger partial charge in [-0.15, -0.1) is 0 Å². The van der Waals surface area contributed by atoms with E-state index in [9.17, 15) is 0 Å². The maximum absolute atomic E-state index is 6.13. The Labute approximate surface area is 120 Å². The van der Waals surface area contributed by atoms with Crippen LogP contribution in [0, 0.1) is 0 Å². The second kappa shape index (κ2) is 5.87. The molecular weight excluding hydrogens is 314 g/mol. The topological polar surface area (TPSA) is 29.9 Å². The fourth-order valence-corrected chi connectivity index (χ4v) is 2.36. The summed E-state index contributed by atoms with van der Waals surface area (Å²) in [4.78, 5) is 0. The minimum atomic E-state index is 0.236. The summed E-state index contributed by atoms with van der Waals surface area (Å²) in [7, 11) is 3.88. The van der Waals surface area contributed by atoms with Gasteiger partial charge < -0.3 is 5.32 Å². The monoisotopic (exact) mass is 327 g/mol. The number of aryl methyl sites for hydroxylation is 1. The standard InChI is InChI=1S/C13H15BrClN3/c1-16-13(5-9-7-17-18(2)8-9)10-3-4-11(14)12(15)6-10/h3-4,6-8,13,16H,5H2,1-2H3. The van der Waals surface area contributed by atoms with Crippen LogP contribution in [0.4, 0.5) is 0 Å². The van der Waals surface area contributed by atoms with Crippen LogP contribution in [0.2, 0.25) is 5.02 Å². The van der Waals surface area contributed by atoms with Crippen molar-refractivity contribution in [2.45, 2.75) is 12.5 Å². The molecule has 0 spiro atoms. The van der Waals surface area contributed by atoms with E-state index >= 15 is 0 Å². The number of rotatable bonds is 4. The molecular formula is C13H15BrClN3. The zero-order chi connectivity index (χ0) is 13.1. The molecule has 1 aromatic carbocycles. The van der Waals surface area contributed by atoms with Crippen LogP contribution < -0.4 is 5.32 Å². The predicted octanol–water partition coefficient (Wildman–Crippen LogP) is 3.34. The van der Waals surface area contributed by atoms with E-state index in [4.69, 9.17) is 11.6 Å². The van der Waals surface area contributed by atoms with Gasteiger partial charge in [-0.25, -0.2) is 0 Å². The van der Waals surface area contributed by atoms with Crippen molar-refractivity contribution in [3.05, 3.63) is 51.2 Å². The van der Waals surface area contributed by atoms with Crippen molar-refractivity contribution in [2.24, 2.45) is 7.05 Å². The normalized spacial score (nSPS) is 12.7. The Morgan fingerprint density at radius 1 is 1.50 bits per heavy atom. The lowest BCUT2D eigenvalue weighted by Gasteiger charge is -2.16. The molecule has 3 nitrogen and oxygen atoms in total. The van der Waals surface area contributed by atoms with Gasteiger partial charge in [0.25, 0.3) is 0 Å². The molecule has 5 heteroatoms. The summed E-state index contributed by atoms with van der Waals surface area (Å²) < 4.78 is 2.74. The van der Waals surface area contributed by atoms with Crippen molar-refractivity contribution >= 4 is 27.5 Å². The molecule has 1 N–H and O–H groups in total. The van der Waals surface area contributed by atoms with Crippen molar-refractivity contribution in [3.63, 3.8) is 0 Å². The molecule has 18 heavy (non-hydrogen) atoms. The number of nitrogens with zero attached hydrogens (tertiary/aromatic N) is 2. The number of halogens is 2. The third kappa shape index (κ3) is 3.13. The highest BCUT2D eigenvalue weighted by molar-refractivity contribution is 9.10. The van der Waals surface area contributed by atoms with Crippen LogP contribution in [0.1, 0.15) is 17.2 Å². The van der Waals surface area contributed by atoms with Crippen LogP contribution in [-0.4, -0.2) is 16.8 Å². The van der Waals surface area contributed by atoms with Crippen LogP contribution >= 0.6 is 27.5 Å². The minimum absolute atomic E-state index is 0.236. The van der Waals surface area contributed by atoms with E-state index in [1.54, 1.807) is 0 Å². The average Bonchev–Trinajstić information content (AvgIpc) is 2.75. The van der Waals surface area contributed by atoms with Gasteiger partial charge in [-0.2, -0.15) is 5.10 Å². The highest BCUT2D eigenvalue weighted by Crippen LogP contribution is 2.27. The first kappa shape index (κ1) is 13.6. The highest BCUT2D eigenvalue weighted by Gasteiger charge is 2.12. The summed E-state index contributed by atoms with van der Waals surface area (Å²) in [5.41, 5.74) is 2.38. The zero-order valence-corrected chi connectivity index (χ0v) is 12.7. The summed E-state index contributed by atoms with van der Waals surface area (Å²) in [6.45, 7) is 0. The largest absolute Gasteiger partial charge is 0.313 e. The van der Waals surface area contributed by atoms with Gasteiger partial charge in [0, 0.05) is 23.8 Å². The van der Waals surface area contributed by atoms with E-state index in [0.717, 1.165) is 15.9 Å². The molecule has 0 aliphatic heterocycles. The Balaban J connectivity index is 2.19. The molecule has 2 rings (SSSR count). The lowest BCUT2D eigenvalue weighted by Crippen LogP contribution is -2.18. The van der Waals surface area contributed by atoms with E-state index < -0.39 is 0 Å². The van der Waals surface area contributed by atoms with Crippen molar-refractivity contribution < 1.29 is 0 Å². The van der Waals surface area contributed by atoms with Gasteiger partial charge in [-0.05, 0) is 52.7 Å². The van der Waals surface area contributed by atoms with Gasteiger partial charge in [-0.3, -0.25) is 4.68 Å². The number of hydrogen-bond donors (Lipinski definition) is 1. The molecule has 0 bridgehead atoms. The SMILES string of the molecule is CNC(Cc1cnn(C)c1)c1ccc(Br)c(Cl)c1. The molecule has 0 radical (unpaired) electrons. The third-order valence-corrected chi connectivity index (χ3v) is 4.13. The van der Waals surface area contributed by atoms with Crippen molar-refractivity contribution in [1.29, 1.82) is 0 Å². The summed E-state index contributed by atoms with van der Waals surface area (Å²) in [6.07, 6.45) is 4.82. The maximum Gasteiger partial charge on any atom is 0.0551 e. The molecule has 1 aromatic heterocycles. The molecule has 0 saturated carbocycles. The van der Waals surface area contributed by atoms with E-state index in [1.807, 2.05) is 43.3 Å². The quantitative estimate of drug-likeness (QED) is 0.933. The van der Waals surface area contributed by atoms with Crippen LogP contribution in [0.5, 0.6) is 0 Å². The zero-order valence-electron chi connectivity index (χ0n) is 10.3. The predicted molar refractivity (Wildman–Crippen MR) is 77.9 cm³/mol. The fourth-order valence-electron chi connectivity index (χ4n) is 1.93. The first-order valence-electron chi connectivity index (χ1n) is 5.70. The molecule has 0 fully saturated rings. The molecule has 96 valence electrons. The minimum Gasteiger partial charge on any atom is -0.313 e. The lowest BCUT2D eigenvalue weighted by molar-refractivity contribution is 0.591. The molecule has 0 aliphatic rings. The van der Waals surface area contributed by atoms with Gasteiger partial charge in [-0.1, -0.05) is 17.7 Å². The Bertz CT molecular complexity index is 539. The van der Waals surface area contributed by atoms with Crippen molar-refractivity contribution in [1.82, 2.24) is 15.1 Å². The third-order valence-electron chi connectivity index (χ3n) is 2.89. The van der Waals surface area contributed by atoms with Gasteiger partial charge in [0.1, 0.15) is 0 Å². The van der Waals surface area contributed by atoms with Gasteiger partial charge in [0.2, 0.25) is 0 Å².